The highest BCUT2D eigenvalue weighted by Crippen LogP contribution is 2.21. The number of fused-ring (bicyclic) bond motifs is 1. The minimum absolute atomic E-state index is 0.0501. The minimum atomic E-state index is -0.792. The zero-order chi connectivity index (χ0) is 20.4. The molecule has 2 N–H and O–H groups in total. The number of amides is 3. The van der Waals surface area contributed by atoms with E-state index in [1.807, 2.05) is 0 Å². The number of likely N-dealkylation sites (N-methyl/N-ethyl adjacent to an activating group) is 1. The quantitative estimate of drug-likeness (QED) is 0.764. The lowest BCUT2D eigenvalue weighted by Crippen LogP contribution is -2.59. The molecule has 0 bridgehead atoms. The molecule has 26 heavy (non-hydrogen) atoms. The number of ether oxygens (including phenoxy) is 1. The van der Waals surface area contributed by atoms with Crippen LogP contribution in [0.15, 0.2) is 0 Å². The molecule has 0 radical (unpaired) electrons. The van der Waals surface area contributed by atoms with E-state index >= 15 is 0 Å². The topological polar surface area (TPSA) is 91.0 Å². The van der Waals surface area contributed by atoms with E-state index in [0.29, 0.717) is 13.0 Å². The molecule has 0 saturated carbocycles. The predicted octanol–water partition coefficient (Wildman–Crippen LogP) is 0.711. The third-order valence-electron chi connectivity index (χ3n) is 4.73. The average Bonchev–Trinajstić information content (AvgIpc) is 2.92. The third kappa shape index (κ3) is 5.09. The van der Waals surface area contributed by atoms with Crippen molar-refractivity contribution in [2.24, 2.45) is 0 Å². The van der Waals surface area contributed by atoms with Gasteiger partial charge in [-0.15, -0.1) is 0 Å². The molecule has 2 saturated heterocycles. The second kappa shape index (κ2) is 8.24. The van der Waals surface area contributed by atoms with E-state index in [-0.39, 0.29) is 11.9 Å². The van der Waals surface area contributed by atoms with Crippen LogP contribution in [0.3, 0.4) is 0 Å². The van der Waals surface area contributed by atoms with Crippen LogP contribution in [0.2, 0.25) is 0 Å². The summed E-state index contributed by atoms with van der Waals surface area (Å²) < 4.78 is 13.4. The van der Waals surface area contributed by atoms with E-state index in [1.165, 1.54) is 11.9 Å². The summed E-state index contributed by atoms with van der Waals surface area (Å²) in [6, 6.07) is -1.49. The molecule has 8 heteroatoms. The van der Waals surface area contributed by atoms with Gasteiger partial charge in [-0.05, 0) is 53.5 Å². The molecule has 1 unspecified atom stereocenters. The highest BCUT2D eigenvalue weighted by atomic mass is 16.6. The van der Waals surface area contributed by atoms with Gasteiger partial charge in [0.05, 0.1) is 0 Å². The van der Waals surface area contributed by atoms with Crippen LogP contribution >= 0.6 is 0 Å². The number of hydrogen-bond acceptors (Lipinski definition) is 5. The first-order valence-electron chi connectivity index (χ1n) is 9.80. The molecule has 2 aliphatic heterocycles. The summed E-state index contributed by atoms with van der Waals surface area (Å²) in [5.74, 6) is -0.661. The summed E-state index contributed by atoms with van der Waals surface area (Å²) in [5.41, 5.74) is -0.658. The Hall–Kier alpha value is -1.83. The van der Waals surface area contributed by atoms with Gasteiger partial charge in [0.25, 0.3) is 0 Å². The van der Waals surface area contributed by atoms with Crippen LogP contribution in [-0.4, -0.2) is 78.1 Å². The zero-order valence-electron chi connectivity index (χ0n) is 17.4. The van der Waals surface area contributed by atoms with Crippen molar-refractivity contribution in [3.05, 3.63) is 0 Å². The summed E-state index contributed by atoms with van der Waals surface area (Å²) in [6.45, 7) is 7.35. The maximum atomic E-state index is 12.9. The number of rotatable bonds is 3. The van der Waals surface area contributed by atoms with Gasteiger partial charge in [-0.3, -0.25) is 14.5 Å². The van der Waals surface area contributed by atoms with E-state index in [1.54, 1.807) is 32.6 Å². The van der Waals surface area contributed by atoms with Crippen LogP contribution in [0.4, 0.5) is 4.79 Å². The molecule has 2 rings (SSSR count). The van der Waals surface area contributed by atoms with Gasteiger partial charge in [-0.25, -0.2) is 4.79 Å². The molecule has 0 aromatic carbocycles. The van der Waals surface area contributed by atoms with Crippen LogP contribution in [0.25, 0.3) is 0 Å². The van der Waals surface area contributed by atoms with E-state index in [4.69, 9.17) is 6.11 Å². The first-order valence-corrected chi connectivity index (χ1v) is 9.22. The Morgan fingerprint density at radius 3 is 2.77 bits per heavy atom. The Labute approximate surface area is 157 Å². The van der Waals surface area contributed by atoms with Crippen molar-refractivity contribution >= 4 is 17.9 Å². The molecule has 2 heterocycles. The number of carbonyl (C=O) groups is 3. The van der Waals surface area contributed by atoms with Crippen molar-refractivity contribution in [2.75, 3.05) is 26.7 Å². The molecule has 0 aliphatic carbocycles. The second-order valence-electron chi connectivity index (χ2n) is 7.98. The number of nitrogens with one attached hydrogen (secondary N) is 2. The number of nitrogens with zero attached hydrogens (tertiary/aromatic N) is 2. The molecule has 0 aromatic heterocycles. The van der Waals surface area contributed by atoms with Crippen LogP contribution in [0.1, 0.15) is 48.3 Å². The predicted molar refractivity (Wildman–Crippen MR) is 97.6 cm³/mol. The van der Waals surface area contributed by atoms with Crippen molar-refractivity contribution in [3.8, 4) is 0 Å². The summed E-state index contributed by atoms with van der Waals surface area (Å²) >= 11 is 0. The van der Waals surface area contributed by atoms with Gasteiger partial charge in [0, 0.05) is 27.5 Å². The van der Waals surface area contributed by atoms with E-state index in [0.717, 1.165) is 19.4 Å². The fraction of sp³-hybridized carbons (Fsp3) is 0.833. The van der Waals surface area contributed by atoms with Crippen LogP contribution < -0.4 is 10.6 Å². The highest BCUT2D eigenvalue weighted by Gasteiger charge is 2.36. The van der Waals surface area contributed by atoms with Crippen molar-refractivity contribution in [3.63, 3.8) is 0 Å². The van der Waals surface area contributed by atoms with E-state index < -0.39 is 36.2 Å². The monoisotopic (exact) mass is 370 g/mol. The lowest BCUT2D eigenvalue weighted by atomic mass is 10.1. The normalized spacial score (nSPS) is 28.3. The van der Waals surface area contributed by atoms with Gasteiger partial charge in [0.2, 0.25) is 11.8 Å². The van der Waals surface area contributed by atoms with Gasteiger partial charge in [0.15, 0.2) is 0 Å². The maximum Gasteiger partial charge on any atom is 0.410 e. The smallest absolute Gasteiger partial charge is 0.410 e. The molecular formula is C18H32N4O4. The van der Waals surface area contributed by atoms with Crippen molar-refractivity contribution < 1.29 is 20.5 Å². The molecule has 0 aromatic rings. The Kier molecular flexibility index (Phi) is 6.01. The standard InChI is InChI=1S/C18H32N4O4/c1-12(21(5)17(25)26-18(2,3)4)15(23)20-14-11-19-9-8-13-7-6-10-22(13)16(14)24/h12-14,19H,6-11H2,1-5H3,(H,20,23)/t12-,13+,14-/m0/s1/i10T/t10?,12-,13+,14-. The van der Waals surface area contributed by atoms with Gasteiger partial charge in [0.1, 0.15) is 17.7 Å². The first-order chi connectivity index (χ1) is 12.5. The third-order valence-corrected chi connectivity index (χ3v) is 4.73. The van der Waals surface area contributed by atoms with Gasteiger partial charge >= 0.3 is 6.09 Å². The van der Waals surface area contributed by atoms with Crippen molar-refractivity contribution in [1.82, 2.24) is 20.4 Å². The first kappa shape index (κ1) is 18.9. The summed E-state index contributed by atoms with van der Waals surface area (Å²) in [6.07, 6.45) is 1.70. The molecule has 148 valence electrons. The van der Waals surface area contributed by atoms with E-state index in [9.17, 15) is 14.4 Å². The van der Waals surface area contributed by atoms with Crippen molar-refractivity contribution in [1.29, 1.82) is 0 Å². The molecule has 2 aliphatic rings. The Bertz CT molecular complexity index is 580. The van der Waals surface area contributed by atoms with Crippen LogP contribution in [0.5, 0.6) is 0 Å². The average molecular weight is 370 g/mol. The van der Waals surface area contributed by atoms with E-state index in [2.05, 4.69) is 10.6 Å². The Morgan fingerprint density at radius 1 is 1.42 bits per heavy atom. The molecule has 0 spiro atoms. The maximum absolute atomic E-state index is 12.9. The molecule has 2 fully saturated rings. The van der Waals surface area contributed by atoms with Gasteiger partial charge in [-0.2, -0.15) is 0 Å². The van der Waals surface area contributed by atoms with Crippen LogP contribution in [-0.2, 0) is 14.3 Å². The van der Waals surface area contributed by atoms with Gasteiger partial charge < -0.3 is 20.3 Å². The fourth-order valence-electron chi connectivity index (χ4n) is 3.10. The minimum Gasteiger partial charge on any atom is -0.444 e. The largest absolute Gasteiger partial charge is 0.444 e. The summed E-state index contributed by atoms with van der Waals surface area (Å²) in [7, 11) is 1.49. The summed E-state index contributed by atoms with van der Waals surface area (Å²) in [5, 5.41) is 5.94. The Balaban J connectivity index is 2.02. The number of hydrogen-bond donors (Lipinski definition) is 2. The summed E-state index contributed by atoms with van der Waals surface area (Å²) in [4.78, 5) is 40.5. The molecule has 8 nitrogen and oxygen atoms in total. The molecule has 4 atom stereocenters. The van der Waals surface area contributed by atoms with Crippen molar-refractivity contribution in [2.45, 2.75) is 70.7 Å². The van der Waals surface area contributed by atoms with Crippen LogP contribution in [0, 0.1) is 0 Å². The lowest BCUT2D eigenvalue weighted by Gasteiger charge is -2.33. The second-order valence-corrected chi connectivity index (χ2v) is 7.98. The highest BCUT2D eigenvalue weighted by molar-refractivity contribution is 5.91. The SMILES string of the molecule is [3H]C1CC[C@@H]2CCNC[C@H](NC(=O)[C@H](C)N(C)C(=O)OC(C)(C)C)C(=O)N12. The molecule has 3 amide bonds. The number of carbonyl (C=O) groups excluding carboxylic acids is 3. The van der Waals surface area contributed by atoms with Gasteiger partial charge in [-0.1, -0.05) is 0 Å². The lowest BCUT2D eigenvalue weighted by molar-refractivity contribution is -0.138. The Morgan fingerprint density at radius 2 is 2.12 bits per heavy atom. The molecular weight excluding hydrogens is 336 g/mol. The fourth-order valence-corrected chi connectivity index (χ4v) is 3.10. The zero-order valence-corrected chi connectivity index (χ0v) is 16.4.